The fraction of sp³-hybridized carbons (Fsp3) is 0.190. The molecule has 138 valence electrons. The number of likely N-dealkylation sites (N-methyl/N-ethyl adjacent to an activating group) is 1. The molecule has 0 spiro atoms. The van der Waals surface area contributed by atoms with Gasteiger partial charge >= 0.3 is 0 Å². The minimum atomic E-state index is -0.304. The van der Waals surface area contributed by atoms with E-state index in [1.165, 1.54) is 17.4 Å². The number of hydrogen-bond donors (Lipinski definition) is 3. The molecule has 4 rings (SSSR count). The zero-order valence-electron chi connectivity index (χ0n) is 15.0. The number of fused-ring (bicyclic) bond motifs is 3. The van der Waals surface area contributed by atoms with Crippen LogP contribution in [0.5, 0.6) is 5.75 Å². The Morgan fingerprint density at radius 2 is 2.07 bits per heavy atom. The first-order valence-corrected chi connectivity index (χ1v) is 9.58. The Bertz CT molecular complexity index is 1230. The molecule has 0 atom stereocenters. The number of thiophene rings is 1. The molecule has 0 bridgehead atoms. The second-order valence-corrected chi connectivity index (χ2v) is 7.53. The highest BCUT2D eigenvalue weighted by Crippen LogP contribution is 2.41. The Morgan fingerprint density at radius 3 is 2.81 bits per heavy atom. The van der Waals surface area contributed by atoms with Crippen LogP contribution in [0.4, 0.5) is 4.39 Å². The smallest absolute Gasteiger partial charge is 0.266 e. The third-order valence-corrected chi connectivity index (χ3v) is 5.78. The van der Waals surface area contributed by atoms with Gasteiger partial charge in [0, 0.05) is 16.3 Å². The summed E-state index contributed by atoms with van der Waals surface area (Å²) < 4.78 is 15.2. The number of nitrogens with one attached hydrogen (secondary N) is 2. The van der Waals surface area contributed by atoms with E-state index in [4.69, 9.17) is 0 Å². The zero-order chi connectivity index (χ0) is 19.1. The molecule has 2 aromatic carbocycles. The Balaban J connectivity index is 2.03. The highest BCUT2D eigenvalue weighted by Gasteiger charge is 2.18. The highest BCUT2D eigenvalue weighted by molar-refractivity contribution is 7.17. The molecule has 3 N–H and O–H groups in total. The first-order chi connectivity index (χ1) is 13.0. The van der Waals surface area contributed by atoms with Gasteiger partial charge in [0.1, 0.15) is 16.3 Å². The topological polar surface area (TPSA) is 65.1 Å². The van der Waals surface area contributed by atoms with Gasteiger partial charge in [-0.3, -0.25) is 4.79 Å². The molecular weight excluding hydrogens is 363 g/mol. The number of aromatic amines is 1. The van der Waals surface area contributed by atoms with E-state index >= 15 is 0 Å². The van der Waals surface area contributed by atoms with Gasteiger partial charge in [-0.15, -0.1) is 11.3 Å². The monoisotopic (exact) mass is 382 g/mol. The minimum Gasteiger partial charge on any atom is -0.507 e. The Kier molecular flexibility index (Phi) is 4.45. The lowest BCUT2D eigenvalue weighted by molar-refractivity contribution is 0.477. The predicted octanol–water partition coefficient (Wildman–Crippen LogP) is 4.32. The summed E-state index contributed by atoms with van der Waals surface area (Å²) in [6.07, 6.45) is 0.589. The van der Waals surface area contributed by atoms with Crippen molar-refractivity contribution in [3.05, 3.63) is 63.0 Å². The molecule has 0 radical (unpaired) electrons. The first kappa shape index (κ1) is 17.7. The molecule has 0 amide bonds. The lowest BCUT2D eigenvalue weighted by Crippen LogP contribution is -2.11. The van der Waals surface area contributed by atoms with Gasteiger partial charge in [-0.2, -0.15) is 0 Å². The second kappa shape index (κ2) is 6.79. The van der Waals surface area contributed by atoms with E-state index < -0.39 is 0 Å². The quantitative estimate of drug-likeness (QED) is 0.492. The molecule has 4 aromatic rings. The Labute approximate surface area is 159 Å². The van der Waals surface area contributed by atoms with Gasteiger partial charge in [0.2, 0.25) is 0 Å². The fourth-order valence-electron chi connectivity index (χ4n) is 3.54. The van der Waals surface area contributed by atoms with Crippen LogP contribution in [0.3, 0.4) is 0 Å². The predicted molar refractivity (Wildman–Crippen MR) is 109 cm³/mol. The van der Waals surface area contributed by atoms with Gasteiger partial charge < -0.3 is 15.4 Å². The summed E-state index contributed by atoms with van der Waals surface area (Å²) in [4.78, 5) is 15.3. The molecule has 4 nitrogen and oxygen atoms in total. The lowest BCUT2D eigenvalue weighted by atomic mass is 9.94. The van der Waals surface area contributed by atoms with Gasteiger partial charge in [-0.25, -0.2) is 4.39 Å². The number of H-pyrrole nitrogens is 1. The van der Waals surface area contributed by atoms with Crippen molar-refractivity contribution in [2.45, 2.75) is 13.3 Å². The van der Waals surface area contributed by atoms with E-state index in [0.29, 0.717) is 39.9 Å². The van der Waals surface area contributed by atoms with Crippen molar-refractivity contribution in [3.8, 4) is 16.9 Å². The van der Waals surface area contributed by atoms with E-state index in [0.717, 1.165) is 16.3 Å². The van der Waals surface area contributed by atoms with Crippen molar-refractivity contribution < 1.29 is 9.50 Å². The van der Waals surface area contributed by atoms with Crippen LogP contribution in [0.2, 0.25) is 0 Å². The molecule has 0 saturated carbocycles. The molecule has 0 saturated heterocycles. The number of aromatic nitrogens is 1. The van der Waals surface area contributed by atoms with Gasteiger partial charge in [0.15, 0.2) is 0 Å². The molecular formula is C21H19FN2O2S. The van der Waals surface area contributed by atoms with Crippen molar-refractivity contribution in [2.75, 3.05) is 13.6 Å². The van der Waals surface area contributed by atoms with Crippen LogP contribution in [0.1, 0.15) is 11.1 Å². The maximum Gasteiger partial charge on any atom is 0.266 e. The summed E-state index contributed by atoms with van der Waals surface area (Å²) in [5, 5.41) is 17.1. The van der Waals surface area contributed by atoms with E-state index in [2.05, 4.69) is 10.3 Å². The van der Waals surface area contributed by atoms with Crippen LogP contribution in [0.15, 0.2) is 40.5 Å². The van der Waals surface area contributed by atoms with E-state index in [1.54, 1.807) is 12.1 Å². The minimum absolute atomic E-state index is 0.0712. The lowest BCUT2D eigenvalue weighted by Gasteiger charge is -2.14. The largest absolute Gasteiger partial charge is 0.507 e. The molecule has 2 aromatic heterocycles. The zero-order valence-corrected chi connectivity index (χ0v) is 15.8. The normalized spacial score (nSPS) is 11.5. The molecule has 2 heterocycles. The SMILES string of the molecule is CNCCc1ccc(-c2c(O)cc(C)c3[nH]c(=O)c4sccc4c23)cc1F. The van der Waals surface area contributed by atoms with Gasteiger partial charge in [-0.05, 0) is 67.2 Å². The summed E-state index contributed by atoms with van der Waals surface area (Å²) in [6, 6.07) is 8.51. The first-order valence-electron chi connectivity index (χ1n) is 8.70. The standard InChI is InChI=1S/C21H19FN2O2S/c1-11-9-16(25)17(13-4-3-12(5-7-23-2)15(22)10-13)18-14-6-8-27-20(14)21(26)24-19(11)18/h3-4,6,8-10,23,25H,5,7H2,1-2H3,(H,24,26). The van der Waals surface area contributed by atoms with Gasteiger partial charge in [-0.1, -0.05) is 12.1 Å². The number of halogens is 1. The Hall–Kier alpha value is -2.70. The van der Waals surface area contributed by atoms with Crippen LogP contribution < -0.4 is 10.9 Å². The number of aryl methyl sites for hydroxylation is 1. The molecule has 0 aliphatic rings. The average Bonchev–Trinajstić information content (AvgIpc) is 3.12. The average molecular weight is 382 g/mol. The third kappa shape index (κ3) is 2.91. The van der Waals surface area contributed by atoms with Crippen molar-refractivity contribution >= 4 is 32.3 Å². The van der Waals surface area contributed by atoms with E-state index in [1.807, 2.05) is 31.5 Å². The van der Waals surface area contributed by atoms with Crippen molar-refractivity contribution in [1.29, 1.82) is 0 Å². The maximum absolute atomic E-state index is 14.6. The van der Waals surface area contributed by atoms with Crippen LogP contribution in [-0.2, 0) is 6.42 Å². The number of phenols is 1. The summed E-state index contributed by atoms with van der Waals surface area (Å²) in [6.45, 7) is 2.52. The summed E-state index contributed by atoms with van der Waals surface area (Å²) in [5.41, 5.74) is 3.02. The van der Waals surface area contributed by atoms with Crippen LogP contribution in [0.25, 0.3) is 32.1 Å². The van der Waals surface area contributed by atoms with Gasteiger partial charge in [0.05, 0.1) is 5.52 Å². The van der Waals surface area contributed by atoms with Gasteiger partial charge in [0.25, 0.3) is 5.56 Å². The van der Waals surface area contributed by atoms with Crippen LogP contribution >= 0.6 is 11.3 Å². The fourth-order valence-corrected chi connectivity index (χ4v) is 4.34. The molecule has 0 unspecified atom stereocenters. The van der Waals surface area contributed by atoms with Crippen molar-refractivity contribution in [2.24, 2.45) is 0 Å². The molecule has 0 aliphatic heterocycles. The number of hydrogen-bond acceptors (Lipinski definition) is 4. The maximum atomic E-state index is 14.6. The van der Waals surface area contributed by atoms with Crippen molar-refractivity contribution in [3.63, 3.8) is 0 Å². The van der Waals surface area contributed by atoms with E-state index in [-0.39, 0.29) is 17.1 Å². The van der Waals surface area contributed by atoms with Crippen molar-refractivity contribution in [1.82, 2.24) is 10.3 Å². The molecule has 0 aliphatic carbocycles. The summed E-state index contributed by atoms with van der Waals surface area (Å²) >= 11 is 1.35. The summed E-state index contributed by atoms with van der Waals surface area (Å²) in [5.74, 6) is -0.233. The highest BCUT2D eigenvalue weighted by atomic mass is 32.1. The molecule has 0 fully saturated rings. The second-order valence-electron chi connectivity index (χ2n) is 6.61. The number of rotatable bonds is 4. The number of benzene rings is 2. The molecule has 27 heavy (non-hydrogen) atoms. The van der Waals surface area contributed by atoms with Crippen LogP contribution in [0, 0.1) is 12.7 Å². The van der Waals surface area contributed by atoms with E-state index in [9.17, 15) is 14.3 Å². The number of aromatic hydroxyl groups is 1. The number of pyridine rings is 1. The third-order valence-electron chi connectivity index (χ3n) is 4.87. The van der Waals surface area contributed by atoms with Crippen LogP contribution in [-0.4, -0.2) is 23.7 Å². The number of phenolic OH excluding ortho intramolecular Hbond substituents is 1. The summed E-state index contributed by atoms with van der Waals surface area (Å²) in [7, 11) is 1.83. The molecule has 6 heteroatoms. The Morgan fingerprint density at radius 1 is 1.26 bits per heavy atom.